The van der Waals surface area contributed by atoms with Crippen LogP contribution in [0, 0.1) is 0 Å². The summed E-state index contributed by atoms with van der Waals surface area (Å²) in [4.78, 5) is 10.2. The maximum atomic E-state index is 5.09. The van der Waals surface area contributed by atoms with Crippen LogP contribution in [0.5, 0.6) is 0 Å². The number of rotatable bonds is 12. The molecule has 0 aliphatic rings. The average molecular weight is 1410 g/mol. The first-order valence-corrected chi connectivity index (χ1v) is 37.1. The number of para-hydroxylation sites is 10. The second kappa shape index (κ2) is 29.1. The lowest BCUT2D eigenvalue weighted by Gasteiger charge is -2.16. The van der Waals surface area contributed by atoms with Crippen LogP contribution in [-0.2, 0) is 0 Å². The average Bonchev–Trinajstić information content (AvgIpc) is 1.58. The van der Waals surface area contributed by atoms with E-state index in [0.29, 0.717) is 0 Å². The van der Waals surface area contributed by atoms with Crippen LogP contribution < -0.4 is 0 Å². The molecule has 107 heavy (non-hydrogen) atoms. The smallest absolute Gasteiger partial charge is 0.145 e. The third kappa shape index (κ3) is 12.3. The summed E-state index contributed by atoms with van der Waals surface area (Å²) in [5, 5.41) is 5.19. The molecule has 0 fully saturated rings. The van der Waals surface area contributed by atoms with Crippen molar-refractivity contribution in [1.29, 1.82) is 0 Å². The van der Waals surface area contributed by atoms with Gasteiger partial charge in [0.15, 0.2) is 0 Å². The van der Waals surface area contributed by atoms with Gasteiger partial charge in [0, 0.05) is 55.4 Å². The second-order valence-corrected chi connectivity index (χ2v) is 27.3. The van der Waals surface area contributed by atoms with Gasteiger partial charge in [0.05, 0.1) is 49.5 Å². The Hall–Kier alpha value is -13.4. The van der Waals surface area contributed by atoms with Crippen molar-refractivity contribution in [1.82, 2.24) is 28.2 Å². The van der Waals surface area contributed by atoms with E-state index in [2.05, 4.69) is 407 Å². The van der Waals surface area contributed by atoms with E-state index in [-0.39, 0.29) is 5.34 Å². The number of alkyl halides is 2. The van der Waals surface area contributed by atoms with Gasteiger partial charge in [-0.25, -0.2) is 9.97 Å². The molecule has 0 unspecified atom stereocenters. The Morgan fingerprint density at radius 1 is 0.187 bits per heavy atom. The minimum absolute atomic E-state index is 0.194. The van der Waals surface area contributed by atoms with E-state index in [0.717, 1.165) is 67.3 Å². The maximum Gasteiger partial charge on any atom is 0.145 e. The fourth-order valence-electron chi connectivity index (χ4n) is 15.6. The summed E-state index contributed by atoms with van der Waals surface area (Å²) < 4.78 is 9.24. The number of fused-ring (bicyclic) bond motifs is 8. The van der Waals surface area contributed by atoms with Crippen LogP contribution in [0.25, 0.3) is 178 Å². The molecular weight excluding hydrogens is 1340 g/mol. The summed E-state index contributed by atoms with van der Waals surface area (Å²) >= 11 is 9.53. The molecule has 0 saturated heterocycles. The number of halogens is 2. The molecule has 8 heteroatoms. The Labute approximate surface area is 630 Å². The SMILES string of the molecule is ClCCl.c1ccc(-n2c(-c3ccc(-c4ccccc4-c4ccccc4-c4ccc5c(c4)c4ccccc4n5-c4ccccc4)cc3)nc3ccccc32)cc1.c1ccc(-n2c(-c3ccc(-c4ccccc4-c4ccccc4-c4ccc5c(c4)c4ccccc4n5-c4ccccc4)cc3)nc3ccccc32)cc1. The number of nitrogens with zero attached hydrogens (tertiary/aromatic N) is 6. The number of hydrogen-bond donors (Lipinski definition) is 0. The molecule has 20 aromatic rings. The predicted octanol–water partition coefficient (Wildman–Crippen LogP) is 27.0. The third-order valence-corrected chi connectivity index (χ3v) is 20.3. The van der Waals surface area contributed by atoms with E-state index in [1.165, 1.54) is 111 Å². The maximum absolute atomic E-state index is 5.09. The predicted molar refractivity (Wildman–Crippen MR) is 451 cm³/mol. The van der Waals surface area contributed by atoms with Gasteiger partial charge in [-0.1, -0.05) is 291 Å². The van der Waals surface area contributed by atoms with Crippen molar-refractivity contribution in [2.75, 3.05) is 5.34 Å². The standard InChI is InChI=1S/2C49H33N3.CH2Cl2/c2*1-3-15-37(16-4-1)51-46-25-13-11-23-43(46)44-33-36(31-32-47(44)51)40-20-8-10-22-42(40)41-21-9-7-19-39(41)34-27-29-35(30-28-34)49-50-45-24-12-14-26-48(45)52(49)38-17-5-2-6-18-38;2-1-3/h2*1-33H;1H2. The van der Waals surface area contributed by atoms with Crippen LogP contribution in [0.4, 0.5) is 0 Å². The molecule has 0 radical (unpaired) electrons. The quantitative estimate of drug-likeness (QED) is 0.114. The van der Waals surface area contributed by atoms with Crippen molar-refractivity contribution in [2.24, 2.45) is 0 Å². The molecule has 0 N–H and O–H groups in total. The molecular formula is C99H68Cl2N6. The Kier molecular flexibility index (Phi) is 17.8. The monoisotopic (exact) mass is 1410 g/mol. The molecule has 4 aromatic heterocycles. The van der Waals surface area contributed by atoms with Crippen molar-refractivity contribution in [3.63, 3.8) is 0 Å². The van der Waals surface area contributed by atoms with Crippen molar-refractivity contribution in [2.45, 2.75) is 0 Å². The fourth-order valence-corrected chi connectivity index (χ4v) is 15.6. The number of aromatic nitrogens is 6. The Bertz CT molecular complexity index is 6190. The molecule has 508 valence electrons. The lowest BCUT2D eigenvalue weighted by Crippen LogP contribution is -1.97. The Balaban J connectivity index is 0.000000146. The van der Waals surface area contributed by atoms with E-state index >= 15 is 0 Å². The van der Waals surface area contributed by atoms with Crippen molar-refractivity contribution in [3.05, 3.63) is 400 Å². The first kappa shape index (κ1) is 65.6. The molecule has 0 atom stereocenters. The van der Waals surface area contributed by atoms with Gasteiger partial charge < -0.3 is 9.13 Å². The van der Waals surface area contributed by atoms with Gasteiger partial charge in [0.2, 0.25) is 0 Å². The summed E-state index contributed by atoms with van der Waals surface area (Å²) in [6, 6.07) is 143. The summed E-state index contributed by atoms with van der Waals surface area (Å²) in [5.74, 6) is 1.86. The molecule has 0 saturated carbocycles. The van der Waals surface area contributed by atoms with Crippen LogP contribution in [0.15, 0.2) is 400 Å². The molecule has 0 spiro atoms. The lowest BCUT2D eigenvalue weighted by atomic mass is 9.89. The third-order valence-electron chi connectivity index (χ3n) is 20.3. The normalized spacial score (nSPS) is 11.3. The summed E-state index contributed by atoms with van der Waals surface area (Å²) in [7, 11) is 0. The van der Waals surface area contributed by atoms with Crippen LogP contribution in [0.3, 0.4) is 0 Å². The minimum atomic E-state index is 0.194. The highest BCUT2D eigenvalue weighted by molar-refractivity contribution is 6.40. The molecule has 4 heterocycles. The van der Waals surface area contributed by atoms with Gasteiger partial charge >= 0.3 is 0 Å². The second-order valence-electron chi connectivity index (χ2n) is 26.5. The molecule has 0 bridgehead atoms. The molecule has 6 nitrogen and oxygen atoms in total. The van der Waals surface area contributed by atoms with Crippen LogP contribution in [0.2, 0.25) is 0 Å². The highest BCUT2D eigenvalue weighted by atomic mass is 35.5. The number of imidazole rings is 2. The van der Waals surface area contributed by atoms with Crippen molar-refractivity contribution < 1.29 is 0 Å². The van der Waals surface area contributed by atoms with Gasteiger partial charge in [0.1, 0.15) is 11.6 Å². The highest BCUT2D eigenvalue weighted by Crippen LogP contribution is 2.45. The first-order valence-electron chi connectivity index (χ1n) is 36.0. The number of hydrogen-bond acceptors (Lipinski definition) is 2. The van der Waals surface area contributed by atoms with Crippen molar-refractivity contribution in [3.8, 4) is 112 Å². The fraction of sp³-hybridized carbons (Fsp3) is 0.0101. The molecule has 16 aromatic carbocycles. The van der Waals surface area contributed by atoms with Gasteiger partial charge in [-0.15, -0.1) is 23.2 Å². The molecule has 20 rings (SSSR count). The zero-order chi connectivity index (χ0) is 71.6. The van der Waals surface area contributed by atoms with Gasteiger partial charge in [-0.05, 0) is 176 Å². The van der Waals surface area contributed by atoms with Crippen LogP contribution in [0.1, 0.15) is 0 Å². The van der Waals surface area contributed by atoms with E-state index in [9.17, 15) is 0 Å². The van der Waals surface area contributed by atoms with Gasteiger partial charge in [-0.2, -0.15) is 0 Å². The zero-order valence-electron chi connectivity index (χ0n) is 58.3. The van der Waals surface area contributed by atoms with E-state index in [1.54, 1.807) is 0 Å². The topological polar surface area (TPSA) is 45.5 Å². The highest BCUT2D eigenvalue weighted by Gasteiger charge is 2.22. The van der Waals surface area contributed by atoms with Crippen molar-refractivity contribution >= 4 is 88.9 Å². The van der Waals surface area contributed by atoms with E-state index < -0.39 is 0 Å². The molecule has 0 aliphatic carbocycles. The molecule has 0 aliphatic heterocycles. The Morgan fingerprint density at radius 2 is 0.421 bits per heavy atom. The van der Waals surface area contributed by atoms with Crippen LogP contribution >= 0.6 is 23.2 Å². The molecule has 0 amide bonds. The lowest BCUT2D eigenvalue weighted by molar-refractivity contribution is 1.10. The van der Waals surface area contributed by atoms with Crippen LogP contribution in [-0.4, -0.2) is 33.6 Å². The number of benzene rings is 16. The first-order chi connectivity index (χ1) is 53.0. The minimum Gasteiger partial charge on any atom is -0.309 e. The summed E-state index contributed by atoms with van der Waals surface area (Å²) in [5.41, 5.74) is 30.0. The summed E-state index contributed by atoms with van der Waals surface area (Å²) in [6.07, 6.45) is 0. The zero-order valence-corrected chi connectivity index (χ0v) is 59.8. The summed E-state index contributed by atoms with van der Waals surface area (Å²) in [6.45, 7) is 0. The largest absolute Gasteiger partial charge is 0.309 e. The van der Waals surface area contributed by atoms with E-state index in [1.807, 2.05) is 12.1 Å². The van der Waals surface area contributed by atoms with Gasteiger partial charge in [0.25, 0.3) is 0 Å². The van der Waals surface area contributed by atoms with Gasteiger partial charge in [-0.3, -0.25) is 9.13 Å². The van der Waals surface area contributed by atoms with E-state index in [4.69, 9.17) is 33.2 Å². The Morgan fingerprint density at radius 3 is 0.757 bits per heavy atom.